The molecule has 0 fully saturated rings. The van der Waals surface area contributed by atoms with E-state index in [4.69, 9.17) is 0 Å². The molecule has 0 amide bonds. The van der Waals surface area contributed by atoms with E-state index in [1.165, 1.54) is 12.1 Å². The Morgan fingerprint density at radius 2 is 2.31 bits per heavy atom. The summed E-state index contributed by atoms with van der Waals surface area (Å²) in [6, 6.07) is 4.72. The van der Waals surface area contributed by atoms with Gasteiger partial charge in [0.1, 0.15) is 5.82 Å². The molecule has 0 bridgehead atoms. The van der Waals surface area contributed by atoms with Crippen LogP contribution in [0.1, 0.15) is 5.56 Å². The Morgan fingerprint density at radius 3 is 2.92 bits per heavy atom. The topological polar surface area (TPSA) is 29.4 Å². The van der Waals surface area contributed by atoms with Crippen LogP contribution in [0.25, 0.3) is 0 Å². The molecule has 0 spiro atoms. The number of halogens is 2. The second-order valence-electron chi connectivity index (χ2n) is 2.47. The van der Waals surface area contributed by atoms with Crippen molar-refractivity contribution in [2.45, 2.75) is 6.42 Å². The van der Waals surface area contributed by atoms with Crippen molar-refractivity contribution in [3.05, 3.63) is 34.1 Å². The summed E-state index contributed by atoms with van der Waals surface area (Å²) < 4.78 is 13.2. The van der Waals surface area contributed by atoms with Gasteiger partial charge >= 0.3 is 0 Å². The molecule has 0 atom stereocenters. The summed E-state index contributed by atoms with van der Waals surface area (Å²) in [5.41, 5.74) is 0.937. The van der Waals surface area contributed by atoms with E-state index in [0.29, 0.717) is 17.4 Å². The molecule has 0 radical (unpaired) electrons. The van der Waals surface area contributed by atoms with E-state index in [-0.39, 0.29) is 5.82 Å². The summed E-state index contributed by atoms with van der Waals surface area (Å²) in [7, 11) is 0. The molecule has 0 unspecified atom stereocenters. The Morgan fingerprint density at radius 1 is 1.54 bits per heavy atom. The highest BCUT2D eigenvalue weighted by Gasteiger charge is 1.99. The van der Waals surface area contributed by atoms with E-state index in [2.05, 4.69) is 20.9 Å². The Balaban J connectivity index is 2.68. The van der Waals surface area contributed by atoms with Gasteiger partial charge in [-0.15, -0.1) is 0 Å². The summed E-state index contributed by atoms with van der Waals surface area (Å²) in [4.78, 5) is 13.2. The van der Waals surface area contributed by atoms with Crippen molar-refractivity contribution in [3.63, 3.8) is 0 Å². The highest BCUT2D eigenvalue weighted by Crippen LogP contribution is 2.16. The minimum atomic E-state index is -0.289. The van der Waals surface area contributed by atoms with Crippen LogP contribution in [0.4, 0.5) is 4.39 Å². The average molecular weight is 244 g/mol. The molecule has 13 heavy (non-hydrogen) atoms. The lowest BCUT2D eigenvalue weighted by atomic mass is 10.1. The van der Waals surface area contributed by atoms with Gasteiger partial charge in [0.25, 0.3) is 0 Å². The Labute approximate surface area is 83.6 Å². The molecule has 1 aromatic carbocycles. The van der Waals surface area contributed by atoms with E-state index < -0.39 is 0 Å². The van der Waals surface area contributed by atoms with Crippen molar-refractivity contribution in [2.24, 2.45) is 4.99 Å². The summed E-state index contributed by atoms with van der Waals surface area (Å²) in [6.45, 7) is 0.390. The van der Waals surface area contributed by atoms with Crippen LogP contribution in [0.5, 0.6) is 0 Å². The quantitative estimate of drug-likeness (QED) is 0.593. The zero-order valence-corrected chi connectivity index (χ0v) is 8.34. The van der Waals surface area contributed by atoms with E-state index in [1.54, 1.807) is 12.1 Å². The predicted molar refractivity (Wildman–Crippen MR) is 50.8 cm³/mol. The van der Waals surface area contributed by atoms with E-state index in [1.807, 2.05) is 0 Å². The molecule has 0 saturated heterocycles. The average Bonchev–Trinajstić information content (AvgIpc) is 2.12. The van der Waals surface area contributed by atoms with Crippen LogP contribution in [0.15, 0.2) is 27.7 Å². The van der Waals surface area contributed by atoms with Gasteiger partial charge in [0.05, 0.1) is 11.0 Å². The van der Waals surface area contributed by atoms with Gasteiger partial charge in [-0.3, -0.25) is 0 Å². The molecule has 0 saturated carbocycles. The third kappa shape index (κ3) is 3.09. The summed E-state index contributed by atoms with van der Waals surface area (Å²) >= 11 is 3.07. The van der Waals surface area contributed by atoms with Crippen molar-refractivity contribution in [2.75, 3.05) is 6.54 Å². The first-order valence-corrected chi connectivity index (χ1v) is 4.51. The molecule has 0 heterocycles. The van der Waals surface area contributed by atoms with E-state index in [9.17, 15) is 9.18 Å². The van der Waals surface area contributed by atoms with Gasteiger partial charge in [-0.25, -0.2) is 14.2 Å². The highest BCUT2D eigenvalue weighted by atomic mass is 79.9. The third-order valence-electron chi connectivity index (χ3n) is 1.56. The molecule has 1 rings (SSSR count). The van der Waals surface area contributed by atoms with Crippen LogP contribution in [-0.4, -0.2) is 12.6 Å². The summed E-state index contributed by atoms with van der Waals surface area (Å²) in [5.74, 6) is -0.289. The fraction of sp³-hybridized carbons (Fsp3) is 0.222. The summed E-state index contributed by atoms with van der Waals surface area (Å²) in [5, 5.41) is 0. The van der Waals surface area contributed by atoms with Crippen LogP contribution >= 0.6 is 15.9 Å². The number of aliphatic imine (C=N–C) groups is 1. The van der Waals surface area contributed by atoms with Crippen molar-refractivity contribution in [1.29, 1.82) is 0 Å². The van der Waals surface area contributed by atoms with Gasteiger partial charge in [0.2, 0.25) is 6.08 Å². The van der Waals surface area contributed by atoms with E-state index >= 15 is 0 Å². The van der Waals surface area contributed by atoms with Crippen LogP contribution < -0.4 is 0 Å². The molecule has 0 aliphatic rings. The fourth-order valence-corrected chi connectivity index (χ4v) is 1.35. The van der Waals surface area contributed by atoms with Crippen LogP contribution in [-0.2, 0) is 11.2 Å². The summed E-state index contributed by atoms with van der Waals surface area (Å²) in [6.07, 6.45) is 2.07. The number of hydrogen-bond donors (Lipinski definition) is 0. The number of isocyanates is 1. The largest absolute Gasteiger partial charge is 0.234 e. The van der Waals surface area contributed by atoms with Crippen molar-refractivity contribution in [1.82, 2.24) is 0 Å². The molecular formula is C9H7BrFNO. The lowest BCUT2D eigenvalue weighted by Crippen LogP contribution is -1.90. The second-order valence-corrected chi connectivity index (χ2v) is 3.33. The van der Waals surface area contributed by atoms with Crippen LogP contribution in [0.3, 0.4) is 0 Å². The molecule has 0 aliphatic heterocycles. The number of hydrogen-bond acceptors (Lipinski definition) is 2. The lowest BCUT2D eigenvalue weighted by molar-refractivity contribution is 0.563. The first kappa shape index (κ1) is 10.1. The zero-order valence-electron chi connectivity index (χ0n) is 6.76. The SMILES string of the molecule is O=C=NCCc1ccc(F)c(Br)c1. The van der Waals surface area contributed by atoms with Gasteiger partial charge in [-0.1, -0.05) is 6.07 Å². The van der Waals surface area contributed by atoms with Gasteiger partial charge in [-0.05, 0) is 40.0 Å². The smallest absolute Gasteiger partial charge is 0.211 e. The molecule has 4 heteroatoms. The molecule has 68 valence electrons. The van der Waals surface area contributed by atoms with E-state index in [0.717, 1.165) is 5.56 Å². The molecule has 0 aromatic heterocycles. The van der Waals surface area contributed by atoms with Crippen molar-refractivity contribution >= 4 is 22.0 Å². The minimum absolute atomic E-state index is 0.289. The number of benzene rings is 1. The Hall–Kier alpha value is -0.990. The fourth-order valence-electron chi connectivity index (χ4n) is 0.926. The second kappa shape index (κ2) is 4.90. The Bertz CT molecular complexity index is 347. The predicted octanol–water partition coefficient (Wildman–Crippen LogP) is 2.47. The zero-order chi connectivity index (χ0) is 9.68. The molecular weight excluding hydrogens is 237 g/mol. The third-order valence-corrected chi connectivity index (χ3v) is 2.17. The van der Waals surface area contributed by atoms with Crippen molar-refractivity contribution in [3.8, 4) is 0 Å². The van der Waals surface area contributed by atoms with Gasteiger partial charge in [-0.2, -0.15) is 0 Å². The first-order chi connectivity index (χ1) is 6.24. The van der Waals surface area contributed by atoms with Crippen molar-refractivity contribution < 1.29 is 9.18 Å². The number of carbonyl (C=O) groups excluding carboxylic acids is 1. The number of nitrogens with zero attached hydrogens (tertiary/aromatic N) is 1. The van der Waals surface area contributed by atoms with Gasteiger partial charge in [0.15, 0.2) is 0 Å². The van der Waals surface area contributed by atoms with Gasteiger partial charge < -0.3 is 0 Å². The maximum absolute atomic E-state index is 12.8. The molecule has 2 nitrogen and oxygen atoms in total. The molecule has 0 N–H and O–H groups in total. The monoisotopic (exact) mass is 243 g/mol. The molecule has 0 aliphatic carbocycles. The van der Waals surface area contributed by atoms with Crippen LogP contribution in [0, 0.1) is 5.82 Å². The minimum Gasteiger partial charge on any atom is -0.211 e. The first-order valence-electron chi connectivity index (χ1n) is 3.71. The highest BCUT2D eigenvalue weighted by molar-refractivity contribution is 9.10. The van der Waals surface area contributed by atoms with Gasteiger partial charge in [0, 0.05) is 0 Å². The Kier molecular flexibility index (Phi) is 3.80. The maximum Gasteiger partial charge on any atom is 0.234 e. The normalized spacial score (nSPS) is 9.38. The molecule has 1 aromatic rings. The standard InChI is InChI=1S/C9H7BrFNO/c10-8-5-7(1-2-9(8)11)3-4-12-6-13/h1-2,5H,3-4H2. The maximum atomic E-state index is 12.8. The lowest BCUT2D eigenvalue weighted by Gasteiger charge is -1.99. The number of rotatable bonds is 3. The van der Waals surface area contributed by atoms with Crippen LogP contribution in [0.2, 0.25) is 0 Å².